The van der Waals surface area contributed by atoms with Crippen molar-refractivity contribution in [2.45, 2.75) is 12.8 Å². The van der Waals surface area contributed by atoms with E-state index < -0.39 is 0 Å². The normalized spacial score (nSPS) is 13.4. The minimum absolute atomic E-state index is 0.162. The maximum absolute atomic E-state index is 13.0. The van der Waals surface area contributed by atoms with Gasteiger partial charge in [-0.25, -0.2) is 9.97 Å². The van der Waals surface area contributed by atoms with Crippen LogP contribution < -0.4 is 15.3 Å². The van der Waals surface area contributed by atoms with E-state index in [1.165, 1.54) is 6.20 Å². The van der Waals surface area contributed by atoms with Gasteiger partial charge in [-0.2, -0.15) is 0 Å². The Kier molecular flexibility index (Phi) is 5.39. The average molecular weight is 394 g/mol. The van der Waals surface area contributed by atoms with E-state index in [0.717, 1.165) is 37.3 Å². The van der Waals surface area contributed by atoms with E-state index in [9.17, 15) is 4.79 Å². The van der Waals surface area contributed by atoms with E-state index >= 15 is 0 Å². The molecule has 1 amide bonds. The molecule has 0 aliphatic carbocycles. The van der Waals surface area contributed by atoms with Gasteiger partial charge in [-0.15, -0.1) is 0 Å². The summed E-state index contributed by atoms with van der Waals surface area (Å²) in [5.41, 5.74) is 4.74. The molecule has 0 saturated carbocycles. The largest absolute Gasteiger partial charge is 0.341 e. The Morgan fingerprint density at radius 3 is 2.11 bits per heavy atom. The molecule has 0 atom stereocenters. The number of hydrogen-bond donors (Lipinski definition) is 1. The summed E-state index contributed by atoms with van der Waals surface area (Å²) in [5, 5.41) is 1.94. The van der Waals surface area contributed by atoms with Crippen molar-refractivity contribution in [1.82, 2.24) is 15.4 Å². The van der Waals surface area contributed by atoms with Crippen LogP contribution in [0.1, 0.15) is 23.3 Å². The van der Waals surface area contributed by atoms with E-state index in [-0.39, 0.29) is 16.6 Å². The van der Waals surface area contributed by atoms with Gasteiger partial charge in [-0.3, -0.25) is 15.2 Å². The lowest BCUT2D eigenvalue weighted by Crippen LogP contribution is -2.39. The lowest BCUT2D eigenvalue weighted by Gasteiger charge is -2.25. The average Bonchev–Trinajstić information content (AvgIpc) is 3.28. The molecule has 0 unspecified atom stereocenters. The third-order valence-corrected chi connectivity index (χ3v) is 4.85. The first kappa shape index (κ1) is 18.3. The van der Waals surface area contributed by atoms with Crippen LogP contribution in [0.3, 0.4) is 0 Å². The van der Waals surface area contributed by atoms with Crippen LogP contribution in [0.4, 0.5) is 17.3 Å². The summed E-state index contributed by atoms with van der Waals surface area (Å²) in [6.07, 6.45) is 3.69. The second-order valence-corrected chi connectivity index (χ2v) is 6.92. The number of nitrogens with one attached hydrogen (secondary N) is 1. The van der Waals surface area contributed by atoms with Crippen LogP contribution in [-0.4, -0.2) is 29.0 Å². The van der Waals surface area contributed by atoms with E-state index in [0.29, 0.717) is 5.95 Å². The molecule has 1 N–H and O–H groups in total. The summed E-state index contributed by atoms with van der Waals surface area (Å²) in [7, 11) is 0. The van der Waals surface area contributed by atoms with Gasteiger partial charge in [0.1, 0.15) is 0 Å². The number of hydrazine groups is 1. The third kappa shape index (κ3) is 3.92. The number of rotatable bonds is 5. The van der Waals surface area contributed by atoms with Gasteiger partial charge in [0.15, 0.2) is 5.69 Å². The van der Waals surface area contributed by atoms with Crippen LogP contribution in [0.25, 0.3) is 0 Å². The van der Waals surface area contributed by atoms with Gasteiger partial charge in [0.2, 0.25) is 5.95 Å². The number of hydrogen-bond acceptors (Lipinski definition) is 5. The Balaban J connectivity index is 1.64. The Hall–Kier alpha value is -3.12. The molecule has 28 heavy (non-hydrogen) atoms. The quantitative estimate of drug-likeness (QED) is 0.658. The van der Waals surface area contributed by atoms with Gasteiger partial charge in [0.05, 0.1) is 22.6 Å². The van der Waals surface area contributed by atoms with Crippen LogP contribution in [-0.2, 0) is 0 Å². The molecule has 2 aromatic carbocycles. The van der Waals surface area contributed by atoms with Crippen molar-refractivity contribution in [1.29, 1.82) is 0 Å². The molecule has 4 rings (SSSR count). The number of aromatic nitrogens is 2. The van der Waals surface area contributed by atoms with Gasteiger partial charge < -0.3 is 4.90 Å². The predicted octanol–water partition coefficient (Wildman–Crippen LogP) is 4.21. The lowest BCUT2D eigenvalue weighted by molar-refractivity contribution is 0.0949. The molecule has 1 fully saturated rings. The predicted molar refractivity (Wildman–Crippen MR) is 111 cm³/mol. The van der Waals surface area contributed by atoms with Crippen molar-refractivity contribution in [3.8, 4) is 0 Å². The fraction of sp³-hybridized carbons (Fsp3) is 0.190. The minimum atomic E-state index is -0.388. The van der Waals surface area contributed by atoms with Crippen molar-refractivity contribution < 1.29 is 4.79 Å². The Morgan fingerprint density at radius 1 is 0.964 bits per heavy atom. The third-order valence-electron chi connectivity index (χ3n) is 4.58. The number of anilines is 3. The number of carbonyl (C=O) groups is 1. The zero-order valence-corrected chi connectivity index (χ0v) is 16.0. The van der Waals surface area contributed by atoms with Gasteiger partial charge in [-0.05, 0) is 37.1 Å². The van der Waals surface area contributed by atoms with Crippen LogP contribution in [0.2, 0.25) is 5.02 Å². The second kappa shape index (κ2) is 8.27. The lowest BCUT2D eigenvalue weighted by atomic mass is 10.2. The molecule has 1 saturated heterocycles. The molecule has 1 aliphatic rings. The van der Waals surface area contributed by atoms with Crippen LogP contribution >= 0.6 is 11.6 Å². The summed E-state index contributed by atoms with van der Waals surface area (Å²) in [4.78, 5) is 23.8. The Bertz CT molecular complexity index is 906. The fourth-order valence-electron chi connectivity index (χ4n) is 3.17. The molecule has 0 spiro atoms. The highest BCUT2D eigenvalue weighted by molar-refractivity contribution is 6.33. The van der Waals surface area contributed by atoms with Crippen molar-refractivity contribution in [2.75, 3.05) is 23.0 Å². The van der Waals surface area contributed by atoms with Crippen molar-refractivity contribution in [3.63, 3.8) is 0 Å². The smallest absolute Gasteiger partial charge is 0.290 e. The highest BCUT2D eigenvalue weighted by Gasteiger charge is 2.21. The summed E-state index contributed by atoms with van der Waals surface area (Å²) >= 11 is 6.25. The monoisotopic (exact) mass is 393 g/mol. The Morgan fingerprint density at radius 2 is 1.54 bits per heavy atom. The van der Waals surface area contributed by atoms with Crippen molar-refractivity contribution in [3.05, 3.63) is 77.6 Å². The van der Waals surface area contributed by atoms with E-state index in [1.54, 1.807) is 5.01 Å². The molecular formula is C21H20ClN5O. The molecular weight excluding hydrogens is 374 g/mol. The maximum atomic E-state index is 13.0. The number of para-hydroxylation sites is 2. The molecule has 0 radical (unpaired) electrons. The van der Waals surface area contributed by atoms with Gasteiger partial charge in [0, 0.05) is 13.1 Å². The highest BCUT2D eigenvalue weighted by Crippen LogP contribution is 2.24. The summed E-state index contributed by atoms with van der Waals surface area (Å²) in [5.74, 6) is 0.151. The molecule has 142 valence electrons. The van der Waals surface area contributed by atoms with Crippen molar-refractivity contribution >= 4 is 34.8 Å². The zero-order chi connectivity index (χ0) is 19.3. The number of nitrogens with zero attached hydrogens (tertiary/aromatic N) is 4. The molecule has 1 aromatic heterocycles. The van der Waals surface area contributed by atoms with E-state index in [4.69, 9.17) is 11.6 Å². The molecule has 0 bridgehead atoms. The van der Waals surface area contributed by atoms with Gasteiger partial charge >= 0.3 is 0 Å². The SMILES string of the molecule is O=C(NN(c1ccccc1)c1ccccc1)c1nc(N2CCCC2)ncc1Cl. The molecule has 2 heterocycles. The molecule has 6 nitrogen and oxygen atoms in total. The Labute approximate surface area is 168 Å². The zero-order valence-electron chi connectivity index (χ0n) is 15.3. The molecule has 3 aromatic rings. The topological polar surface area (TPSA) is 61.4 Å². The van der Waals surface area contributed by atoms with Gasteiger partial charge in [-0.1, -0.05) is 48.0 Å². The first-order valence-corrected chi connectivity index (χ1v) is 9.59. The highest BCUT2D eigenvalue weighted by atomic mass is 35.5. The number of halogens is 1. The van der Waals surface area contributed by atoms with Crippen LogP contribution in [0.15, 0.2) is 66.9 Å². The number of benzene rings is 2. The van der Waals surface area contributed by atoms with Gasteiger partial charge in [0.25, 0.3) is 5.91 Å². The minimum Gasteiger partial charge on any atom is -0.341 e. The number of amides is 1. The van der Waals surface area contributed by atoms with E-state index in [2.05, 4.69) is 20.3 Å². The number of carbonyl (C=O) groups excluding carboxylic acids is 1. The molecule has 7 heteroatoms. The van der Waals surface area contributed by atoms with Crippen LogP contribution in [0.5, 0.6) is 0 Å². The second-order valence-electron chi connectivity index (χ2n) is 6.51. The van der Waals surface area contributed by atoms with Crippen LogP contribution in [0, 0.1) is 0 Å². The fourth-order valence-corrected chi connectivity index (χ4v) is 3.35. The summed E-state index contributed by atoms with van der Waals surface area (Å²) in [6, 6.07) is 19.2. The van der Waals surface area contributed by atoms with E-state index in [1.807, 2.05) is 60.7 Å². The standard InChI is InChI=1S/C21H20ClN5O/c22-18-15-23-21(26-13-7-8-14-26)24-19(18)20(28)25-27(16-9-3-1-4-10-16)17-11-5-2-6-12-17/h1-6,9-12,15H,7-8,13-14H2,(H,25,28). The first-order valence-electron chi connectivity index (χ1n) is 9.21. The summed E-state index contributed by atoms with van der Waals surface area (Å²) < 4.78 is 0. The first-order chi connectivity index (χ1) is 13.7. The van der Waals surface area contributed by atoms with Crippen molar-refractivity contribution in [2.24, 2.45) is 0 Å². The molecule has 1 aliphatic heterocycles. The maximum Gasteiger partial charge on any atom is 0.290 e. The summed E-state index contributed by atoms with van der Waals surface area (Å²) in [6.45, 7) is 1.78.